The summed E-state index contributed by atoms with van der Waals surface area (Å²) >= 11 is 0. The van der Waals surface area contributed by atoms with Gasteiger partial charge in [0.2, 0.25) is 17.8 Å². The largest absolute Gasteiger partial charge is 0.383 e. The van der Waals surface area contributed by atoms with Crippen molar-refractivity contribution < 1.29 is 14.3 Å². The fourth-order valence-electron chi connectivity index (χ4n) is 2.62. The van der Waals surface area contributed by atoms with Crippen molar-refractivity contribution in [1.29, 1.82) is 0 Å². The van der Waals surface area contributed by atoms with Crippen molar-refractivity contribution in [3.63, 3.8) is 0 Å². The molecule has 3 heterocycles. The fraction of sp³-hybridized carbons (Fsp3) is 0.412. The summed E-state index contributed by atoms with van der Waals surface area (Å²) in [4.78, 5) is 20.6. The Morgan fingerprint density at radius 3 is 2.67 bits per heavy atom. The Bertz CT molecular complexity index is 875. The molecular weight excluding hydrogens is 350 g/mol. The maximum absolute atomic E-state index is 11.6. The molecule has 0 unspecified atom stereocenters. The van der Waals surface area contributed by atoms with E-state index in [1.807, 2.05) is 6.08 Å². The van der Waals surface area contributed by atoms with E-state index in [9.17, 15) is 4.79 Å². The van der Waals surface area contributed by atoms with Crippen molar-refractivity contribution in [3.05, 3.63) is 29.6 Å². The molecule has 10 heteroatoms. The van der Waals surface area contributed by atoms with Crippen LogP contribution in [0.4, 0.5) is 11.9 Å². The second-order valence-corrected chi connectivity index (χ2v) is 5.92. The van der Waals surface area contributed by atoms with Crippen molar-refractivity contribution in [3.8, 4) is 0 Å². The van der Waals surface area contributed by atoms with Gasteiger partial charge in [-0.1, -0.05) is 6.58 Å². The van der Waals surface area contributed by atoms with Gasteiger partial charge in [-0.2, -0.15) is 19.6 Å². The lowest BCUT2D eigenvalue weighted by molar-refractivity contribution is -0.118. The van der Waals surface area contributed by atoms with Crippen LogP contribution in [0.15, 0.2) is 24.0 Å². The van der Waals surface area contributed by atoms with Crippen molar-refractivity contribution in [2.75, 3.05) is 51.2 Å². The molecule has 0 atom stereocenters. The van der Waals surface area contributed by atoms with Crippen molar-refractivity contribution in [2.45, 2.75) is 6.42 Å². The van der Waals surface area contributed by atoms with Crippen LogP contribution in [0.1, 0.15) is 12.0 Å². The number of aromatic nitrogens is 4. The lowest BCUT2D eigenvalue weighted by Gasteiger charge is -2.10. The number of hydrogen-bond acceptors (Lipinski definition) is 8. The first-order valence-electron chi connectivity index (χ1n) is 8.53. The van der Waals surface area contributed by atoms with Gasteiger partial charge < -0.3 is 25.4 Å². The molecule has 3 rings (SSSR count). The molecule has 10 nitrogen and oxygen atoms in total. The Labute approximate surface area is 156 Å². The summed E-state index contributed by atoms with van der Waals surface area (Å²) in [6.07, 6.45) is 3.85. The molecular formula is C17H23N7O3. The van der Waals surface area contributed by atoms with Crippen LogP contribution >= 0.6 is 0 Å². The maximum atomic E-state index is 11.6. The van der Waals surface area contributed by atoms with E-state index in [0.717, 1.165) is 11.1 Å². The highest BCUT2D eigenvalue weighted by Crippen LogP contribution is 2.23. The number of hydrogen-bond donors (Lipinski definition) is 3. The van der Waals surface area contributed by atoms with E-state index in [4.69, 9.17) is 9.47 Å². The Balaban J connectivity index is 1.96. The average Bonchev–Trinajstić information content (AvgIpc) is 3.18. The molecule has 1 aliphatic rings. The summed E-state index contributed by atoms with van der Waals surface area (Å²) in [6.45, 7) is 6.08. The molecule has 1 amide bonds. The zero-order valence-corrected chi connectivity index (χ0v) is 15.4. The first-order valence-corrected chi connectivity index (χ1v) is 8.53. The van der Waals surface area contributed by atoms with Gasteiger partial charge in [-0.3, -0.25) is 4.79 Å². The smallest absolute Gasteiger partial charge is 0.229 e. The van der Waals surface area contributed by atoms with Gasteiger partial charge in [0, 0.05) is 38.6 Å². The van der Waals surface area contributed by atoms with E-state index in [1.54, 1.807) is 24.9 Å². The molecule has 27 heavy (non-hydrogen) atoms. The van der Waals surface area contributed by atoms with Crippen LogP contribution in [-0.4, -0.2) is 66.0 Å². The molecule has 3 N–H and O–H groups in total. The van der Waals surface area contributed by atoms with Crippen molar-refractivity contribution in [1.82, 2.24) is 24.9 Å². The molecule has 2 aromatic heterocycles. The van der Waals surface area contributed by atoms with E-state index < -0.39 is 0 Å². The third-order valence-electron chi connectivity index (χ3n) is 3.93. The van der Waals surface area contributed by atoms with E-state index in [-0.39, 0.29) is 5.91 Å². The number of nitrogens with one attached hydrogen (secondary N) is 3. The number of nitrogens with zero attached hydrogens (tertiary/aromatic N) is 4. The first kappa shape index (κ1) is 18.8. The average molecular weight is 373 g/mol. The van der Waals surface area contributed by atoms with Gasteiger partial charge in [-0.15, -0.1) is 0 Å². The number of fused-ring (bicyclic) bond motifs is 1. The highest BCUT2D eigenvalue weighted by molar-refractivity contribution is 5.89. The summed E-state index contributed by atoms with van der Waals surface area (Å²) in [5.41, 5.74) is 2.81. The molecule has 0 saturated carbocycles. The third-order valence-corrected chi connectivity index (χ3v) is 3.93. The minimum absolute atomic E-state index is 0.0683. The predicted molar refractivity (Wildman–Crippen MR) is 101 cm³/mol. The lowest BCUT2D eigenvalue weighted by Crippen LogP contribution is -2.16. The number of rotatable bonds is 9. The first-order chi connectivity index (χ1) is 13.1. The summed E-state index contributed by atoms with van der Waals surface area (Å²) in [6, 6.07) is 0. The van der Waals surface area contributed by atoms with Gasteiger partial charge in [0.25, 0.3) is 0 Å². The Morgan fingerprint density at radius 2 is 2.00 bits per heavy atom. The molecule has 1 aliphatic heterocycles. The lowest BCUT2D eigenvalue weighted by atomic mass is 10.1. The van der Waals surface area contributed by atoms with Crippen LogP contribution in [0.3, 0.4) is 0 Å². The fourth-order valence-corrected chi connectivity index (χ4v) is 2.62. The topological polar surface area (TPSA) is 115 Å². The molecule has 144 valence electrons. The molecule has 0 aromatic carbocycles. The minimum Gasteiger partial charge on any atom is -0.383 e. The van der Waals surface area contributed by atoms with Gasteiger partial charge in [0.1, 0.15) is 0 Å². The molecule has 0 aliphatic carbocycles. The molecule has 0 bridgehead atoms. The van der Waals surface area contributed by atoms with Gasteiger partial charge in [-0.05, 0) is 11.6 Å². The van der Waals surface area contributed by atoms with Crippen LogP contribution in [0.5, 0.6) is 0 Å². The number of ether oxygens (including phenoxy) is 2. The standard InChI is InChI=1S/C17H23N7O3/c1-11-12(9-14(25)21-11)8-13-10-20-24-15(13)22-16(18-4-6-26-2)23-17(24)19-5-7-27-3/h8,10H,1,4-7,9H2,2-3H3,(H,21,25)(H2,18,19,22,23)/b12-8+. The zero-order valence-electron chi connectivity index (χ0n) is 15.4. The second kappa shape index (κ2) is 8.60. The summed E-state index contributed by atoms with van der Waals surface area (Å²) in [7, 11) is 3.27. The summed E-state index contributed by atoms with van der Waals surface area (Å²) in [5.74, 6) is 0.932. The zero-order chi connectivity index (χ0) is 19.2. The quantitative estimate of drug-likeness (QED) is 0.549. The molecule has 2 aromatic rings. The van der Waals surface area contributed by atoms with E-state index in [1.165, 1.54) is 0 Å². The molecule has 1 saturated heterocycles. The highest BCUT2D eigenvalue weighted by Gasteiger charge is 2.20. The number of anilines is 2. The van der Waals surface area contributed by atoms with Crippen molar-refractivity contribution in [2.24, 2.45) is 0 Å². The van der Waals surface area contributed by atoms with Crippen LogP contribution in [0.2, 0.25) is 0 Å². The number of methoxy groups -OCH3 is 2. The molecule has 0 spiro atoms. The minimum atomic E-state index is -0.0683. The Kier molecular flexibility index (Phi) is 5.99. The van der Waals surface area contributed by atoms with Crippen LogP contribution < -0.4 is 16.0 Å². The molecule has 0 radical (unpaired) electrons. The van der Waals surface area contributed by atoms with Crippen LogP contribution in [0.25, 0.3) is 11.7 Å². The van der Waals surface area contributed by atoms with Gasteiger partial charge >= 0.3 is 0 Å². The summed E-state index contributed by atoms with van der Waals surface area (Å²) in [5, 5.41) is 13.4. The second-order valence-electron chi connectivity index (χ2n) is 5.92. The van der Waals surface area contributed by atoms with E-state index in [0.29, 0.717) is 56.0 Å². The normalized spacial score (nSPS) is 15.6. The van der Waals surface area contributed by atoms with Crippen LogP contribution in [-0.2, 0) is 14.3 Å². The predicted octanol–water partition coefficient (Wildman–Crippen LogP) is 0.658. The van der Waals surface area contributed by atoms with Gasteiger partial charge in [0.05, 0.1) is 25.8 Å². The SMILES string of the molecule is C=C1NC(=O)C/C1=C\c1cnn2c(NCCOC)nc(NCCOC)nc12. The number of carbonyl (C=O) groups is 1. The van der Waals surface area contributed by atoms with Gasteiger partial charge in [-0.25, -0.2) is 0 Å². The number of amides is 1. The number of allylic oxidation sites excluding steroid dienone is 1. The van der Waals surface area contributed by atoms with E-state index in [2.05, 4.69) is 37.6 Å². The molecule has 1 fully saturated rings. The van der Waals surface area contributed by atoms with E-state index >= 15 is 0 Å². The third kappa shape index (κ3) is 4.41. The van der Waals surface area contributed by atoms with Crippen molar-refractivity contribution >= 4 is 29.5 Å². The maximum Gasteiger partial charge on any atom is 0.229 e. The monoisotopic (exact) mass is 373 g/mol. The van der Waals surface area contributed by atoms with Gasteiger partial charge in [0.15, 0.2) is 5.65 Å². The summed E-state index contributed by atoms with van der Waals surface area (Å²) < 4.78 is 11.8. The Morgan fingerprint density at radius 1 is 1.26 bits per heavy atom. The number of carbonyl (C=O) groups excluding carboxylic acids is 1. The van der Waals surface area contributed by atoms with Crippen LogP contribution in [0, 0.1) is 0 Å². The Hall–Kier alpha value is -2.98. The highest BCUT2D eigenvalue weighted by atomic mass is 16.5.